The second-order valence-corrected chi connectivity index (χ2v) is 10.8. The molecule has 0 radical (unpaired) electrons. The van der Waals surface area contributed by atoms with E-state index in [2.05, 4.69) is 10.3 Å². The van der Waals surface area contributed by atoms with Crippen LogP contribution in [-0.4, -0.2) is 52.4 Å². The number of fused-ring (bicyclic) bond motifs is 1. The Balaban J connectivity index is 1.19. The fraction of sp³-hybridized carbons (Fsp3) is 0.640. The molecule has 2 aromatic heterocycles. The molecule has 4 aliphatic carbocycles. The van der Waals surface area contributed by atoms with Crippen molar-refractivity contribution in [3.8, 4) is 0 Å². The highest BCUT2D eigenvalue weighted by Crippen LogP contribution is 2.61. The van der Waals surface area contributed by atoms with Crippen molar-refractivity contribution in [3.05, 3.63) is 30.1 Å². The first-order chi connectivity index (χ1) is 15.5. The van der Waals surface area contributed by atoms with E-state index in [1.54, 1.807) is 18.1 Å². The normalized spacial score (nSPS) is 33.0. The number of rotatable bonds is 5. The van der Waals surface area contributed by atoms with Crippen LogP contribution in [0.1, 0.15) is 61.9 Å². The molecule has 1 N–H and O–H groups in total. The van der Waals surface area contributed by atoms with E-state index in [1.165, 1.54) is 38.5 Å². The maximum absolute atomic E-state index is 13.1. The van der Waals surface area contributed by atoms with E-state index in [0.717, 1.165) is 24.2 Å². The molecule has 7 nitrogen and oxygen atoms in total. The Hall–Kier alpha value is -2.41. The Kier molecular flexibility index (Phi) is 4.79. The van der Waals surface area contributed by atoms with Crippen LogP contribution in [0.3, 0.4) is 0 Å². The predicted octanol–water partition coefficient (Wildman–Crippen LogP) is 3.74. The van der Waals surface area contributed by atoms with E-state index in [-0.39, 0.29) is 23.3 Å². The number of aromatic nitrogens is 2. The van der Waals surface area contributed by atoms with E-state index in [4.69, 9.17) is 4.74 Å². The number of hydrogen-bond donors (Lipinski definition) is 1. The Morgan fingerprint density at radius 1 is 1.19 bits per heavy atom. The zero-order valence-electron chi connectivity index (χ0n) is 18.8. The van der Waals surface area contributed by atoms with Crippen molar-refractivity contribution < 1.29 is 14.3 Å². The number of imidazole rings is 1. The molecule has 1 unspecified atom stereocenters. The summed E-state index contributed by atoms with van der Waals surface area (Å²) in [6.45, 7) is 1.26. The van der Waals surface area contributed by atoms with Crippen molar-refractivity contribution in [1.29, 1.82) is 0 Å². The quantitative estimate of drug-likeness (QED) is 0.775. The number of carbonyl (C=O) groups is 2. The second-order valence-electron chi connectivity index (χ2n) is 10.8. The highest BCUT2D eigenvalue weighted by atomic mass is 16.5. The van der Waals surface area contributed by atoms with E-state index >= 15 is 0 Å². The van der Waals surface area contributed by atoms with Gasteiger partial charge in [0.15, 0.2) is 0 Å². The number of nitrogens with one attached hydrogen (secondary N) is 1. The van der Waals surface area contributed by atoms with Crippen molar-refractivity contribution in [3.63, 3.8) is 0 Å². The monoisotopic (exact) mass is 436 g/mol. The minimum Gasteiger partial charge on any atom is -0.379 e. The zero-order chi connectivity index (χ0) is 21.9. The standard InChI is InChI=1S/C25H32N4O3/c1-28(19-5-6-32-15-19)24(31)20-14-29-21(26-20)3-2-4-22(29)27-23(30)13-25-10-16-7-17(11-25)9-18(8-16)12-25/h2-4,14,16-19H,5-13,15H2,1H3,(H,27,30). The molecule has 4 bridgehead atoms. The van der Waals surface area contributed by atoms with Crippen molar-refractivity contribution in [2.75, 3.05) is 25.6 Å². The summed E-state index contributed by atoms with van der Waals surface area (Å²) in [5.74, 6) is 3.15. The zero-order valence-corrected chi connectivity index (χ0v) is 18.8. The summed E-state index contributed by atoms with van der Waals surface area (Å²) in [6, 6.07) is 5.72. The Morgan fingerprint density at radius 3 is 2.56 bits per heavy atom. The summed E-state index contributed by atoms with van der Waals surface area (Å²) >= 11 is 0. The molecule has 0 aromatic carbocycles. The van der Waals surface area contributed by atoms with E-state index in [0.29, 0.717) is 36.8 Å². The lowest BCUT2D eigenvalue weighted by molar-refractivity contribution is -0.124. The molecule has 7 rings (SSSR count). The summed E-state index contributed by atoms with van der Waals surface area (Å²) < 4.78 is 7.24. The molecule has 0 spiro atoms. The molecular weight excluding hydrogens is 404 g/mol. The van der Waals surface area contributed by atoms with Gasteiger partial charge in [0, 0.05) is 26.3 Å². The van der Waals surface area contributed by atoms with E-state index < -0.39 is 0 Å². The van der Waals surface area contributed by atoms with Gasteiger partial charge in [-0.05, 0) is 80.2 Å². The van der Waals surface area contributed by atoms with Gasteiger partial charge in [-0.2, -0.15) is 0 Å². The van der Waals surface area contributed by atoms with Gasteiger partial charge in [-0.3, -0.25) is 14.0 Å². The lowest BCUT2D eigenvalue weighted by Crippen LogP contribution is -2.47. The van der Waals surface area contributed by atoms with Gasteiger partial charge in [-0.15, -0.1) is 0 Å². The Labute approximate surface area is 188 Å². The van der Waals surface area contributed by atoms with Crippen LogP contribution in [0.4, 0.5) is 5.82 Å². The molecule has 7 heteroatoms. The second kappa shape index (κ2) is 7.58. The first kappa shape index (κ1) is 20.2. The number of likely N-dealkylation sites (N-methyl/N-ethyl adjacent to an activating group) is 1. The van der Waals surface area contributed by atoms with Crippen LogP contribution in [0.15, 0.2) is 24.4 Å². The molecule has 170 valence electrons. The third kappa shape index (κ3) is 3.51. The van der Waals surface area contributed by atoms with Crippen LogP contribution in [-0.2, 0) is 9.53 Å². The average Bonchev–Trinajstić information content (AvgIpc) is 3.42. The van der Waals surface area contributed by atoms with Gasteiger partial charge in [0.1, 0.15) is 17.2 Å². The van der Waals surface area contributed by atoms with Crippen molar-refractivity contribution in [2.45, 2.75) is 57.4 Å². The summed E-state index contributed by atoms with van der Waals surface area (Å²) in [5, 5.41) is 3.14. The number of carbonyl (C=O) groups excluding carboxylic acids is 2. The van der Waals surface area contributed by atoms with Crippen LogP contribution in [0, 0.1) is 23.2 Å². The molecule has 5 fully saturated rings. The Morgan fingerprint density at radius 2 is 1.91 bits per heavy atom. The van der Waals surface area contributed by atoms with Crippen molar-refractivity contribution in [1.82, 2.24) is 14.3 Å². The first-order valence-corrected chi connectivity index (χ1v) is 12.1. The SMILES string of the molecule is CN(C(=O)c1cn2c(NC(=O)CC34CC5CC(CC(C5)C3)C4)cccc2n1)C1CCOC1. The van der Waals surface area contributed by atoms with Crippen LogP contribution in [0.25, 0.3) is 5.65 Å². The summed E-state index contributed by atoms with van der Waals surface area (Å²) in [5.41, 5.74) is 1.26. The number of ether oxygens (including phenoxy) is 1. The number of pyridine rings is 1. The smallest absolute Gasteiger partial charge is 0.274 e. The highest BCUT2D eigenvalue weighted by Gasteiger charge is 2.51. The number of hydrogen-bond acceptors (Lipinski definition) is 4. The fourth-order valence-electron chi connectivity index (χ4n) is 7.42. The van der Waals surface area contributed by atoms with Gasteiger partial charge in [0.25, 0.3) is 5.91 Å². The van der Waals surface area contributed by atoms with Gasteiger partial charge in [-0.1, -0.05) is 6.07 Å². The minimum atomic E-state index is -0.116. The maximum Gasteiger partial charge on any atom is 0.274 e. The van der Waals surface area contributed by atoms with Crippen LogP contribution in [0.2, 0.25) is 0 Å². The number of nitrogens with zero attached hydrogens (tertiary/aromatic N) is 3. The van der Waals surface area contributed by atoms with Crippen LogP contribution in [0.5, 0.6) is 0 Å². The fourth-order valence-corrected chi connectivity index (χ4v) is 7.42. The summed E-state index contributed by atoms with van der Waals surface area (Å²) in [6.07, 6.45) is 11.0. The van der Waals surface area contributed by atoms with Gasteiger partial charge >= 0.3 is 0 Å². The lowest BCUT2D eigenvalue weighted by atomic mass is 9.49. The summed E-state index contributed by atoms with van der Waals surface area (Å²) in [4.78, 5) is 32.3. The lowest BCUT2D eigenvalue weighted by Gasteiger charge is -2.56. The summed E-state index contributed by atoms with van der Waals surface area (Å²) in [7, 11) is 1.81. The van der Waals surface area contributed by atoms with Crippen molar-refractivity contribution in [2.24, 2.45) is 23.2 Å². The number of anilines is 1. The van der Waals surface area contributed by atoms with Gasteiger partial charge in [-0.25, -0.2) is 4.98 Å². The topological polar surface area (TPSA) is 75.9 Å². The predicted molar refractivity (Wildman–Crippen MR) is 120 cm³/mol. The van der Waals surface area contributed by atoms with Crippen LogP contribution >= 0.6 is 0 Å². The molecular formula is C25H32N4O3. The Bertz CT molecular complexity index is 1020. The van der Waals surface area contributed by atoms with Crippen LogP contribution < -0.4 is 5.32 Å². The average molecular weight is 437 g/mol. The number of amides is 2. The third-order valence-corrected chi connectivity index (χ3v) is 8.45. The first-order valence-electron chi connectivity index (χ1n) is 12.1. The van der Waals surface area contributed by atoms with Gasteiger partial charge in [0.2, 0.25) is 5.91 Å². The minimum absolute atomic E-state index is 0.0845. The molecule has 2 amide bonds. The molecule has 3 heterocycles. The van der Waals surface area contributed by atoms with E-state index in [1.807, 2.05) is 22.6 Å². The highest BCUT2D eigenvalue weighted by molar-refractivity contribution is 5.94. The molecule has 1 aliphatic heterocycles. The third-order valence-electron chi connectivity index (χ3n) is 8.45. The molecule has 32 heavy (non-hydrogen) atoms. The molecule has 4 saturated carbocycles. The van der Waals surface area contributed by atoms with E-state index in [9.17, 15) is 9.59 Å². The molecule has 5 aliphatic rings. The molecule has 1 saturated heterocycles. The largest absolute Gasteiger partial charge is 0.379 e. The molecule has 1 atom stereocenters. The van der Waals surface area contributed by atoms with Gasteiger partial charge < -0.3 is 15.0 Å². The molecule has 2 aromatic rings. The van der Waals surface area contributed by atoms with Gasteiger partial charge in [0.05, 0.1) is 12.6 Å². The maximum atomic E-state index is 13.1. The van der Waals surface area contributed by atoms with Crippen molar-refractivity contribution >= 4 is 23.3 Å².